The molecule has 23 heavy (non-hydrogen) atoms. The maximum absolute atomic E-state index is 12.2. The fourth-order valence-electron chi connectivity index (χ4n) is 3.83. The van der Waals surface area contributed by atoms with Gasteiger partial charge in [0.2, 0.25) is 5.91 Å². The zero-order valence-electron chi connectivity index (χ0n) is 13.7. The molecule has 0 aromatic carbocycles. The number of ether oxygens (including phenoxy) is 1. The van der Waals surface area contributed by atoms with Crippen LogP contribution in [0.4, 0.5) is 0 Å². The Morgan fingerprint density at radius 2 is 2.17 bits per heavy atom. The van der Waals surface area contributed by atoms with E-state index in [1.54, 1.807) is 6.20 Å². The second kappa shape index (κ2) is 7.16. The Kier molecular flexibility index (Phi) is 5.19. The van der Waals surface area contributed by atoms with Crippen LogP contribution in [0.3, 0.4) is 0 Å². The Morgan fingerprint density at radius 3 is 2.83 bits per heavy atom. The van der Waals surface area contributed by atoms with Gasteiger partial charge in [-0.1, -0.05) is 11.6 Å². The summed E-state index contributed by atoms with van der Waals surface area (Å²) in [6.45, 7) is 1.57. The highest BCUT2D eigenvalue weighted by molar-refractivity contribution is 6.30. The molecule has 1 saturated heterocycles. The number of amides is 1. The topological polar surface area (TPSA) is 45.7 Å². The van der Waals surface area contributed by atoms with E-state index in [9.17, 15) is 4.79 Å². The minimum Gasteiger partial charge on any atom is -0.370 e. The van der Waals surface area contributed by atoms with Crippen LogP contribution in [0.2, 0.25) is 5.02 Å². The van der Waals surface area contributed by atoms with Crippen molar-refractivity contribution < 1.29 is 9.53 Å². The number of likely N-dealkylation sites (N-methyl/N-ethyl adjacent to an activating group) is 1. The van der Waals surface area contributed by atoms with Gasteiger partial charge >= 0.3 is 0 Å². The van der Waals surface area contributed by atoms with Gasteiger partial charge in [0.15, 0.2) is 0 Å². The van der Waals surface area contributed by atoms with E-state index in [4.69, 9.17) is 16.3 Å². The fourth-order valence-corrected chi connectivity index (χ4v) is 3.94. The first-order valence-corrected chi connectivity index (χ1v) is 8.59. The quantitative estimate of drug-likeness (QED) is 0.848. The maximum atomic E-state index is 12.2. The molecule has 2 heterocycles. The molecule has 0 radical (unpaired) electrons. The van der Waals surface area contributed by atoms with E-state index in [0.717, 1.165) is 25.0 Å². The third-order valence-electron chi connectivity index (χ3n) is 5.04. The van der Waals surface area contributed by atoms with Crippen molar-refractivity contribution in [2.24, 2.45) is 0 Å². The molecule has 2 aliphatic rings. The number of morpholine rings is 1. The van der Waals surface area contributed by atoms with Crippen molar-refractivity contribution in [2.45, 2.75) is 37.3 Å². The predicted molar refractivity (Wildman–Crippen MR) is 89.6 cm³/mol. The van der Waals surface area contributed by atoms with Gasteiger partial charge < -0.3 is 14.5 Å². The van der Waals surface area contributed by atoms with Crippen molar-refractivity contribution in [1.82, 2.24) is 14.8 Å². The number of rotatable bonds is 3. The Morgan fingerprint density at radius 1 is 1.35 bits per heavy atom. The summed E-state index contributed by atoms with van der Waals surface area (Å²) in [5.74, 6) is 0.545. The van der Waals surface area contributed by atoms with E-state index in [-0.39, 0.29) is 18.6 Å². The number of pyridine rings is 1. The monoisotopic (exact) mass is 337 g/mol. The van der Waals surface area contributed by atoms with Crippen LogP contribution in [0.25, 0.3) is 0 Å². The van der Waals surface area contributed by atoms with Crippen molar-refractivity contribution >= 4 is 17.5 Å². The second-order valence-corrected chi connectivity index (χ2v) is 7.09. The highest BCUT2D eigenvalue weighted by Gasteiger charge is 2.38. The molecule has 1 amide bonds. The summed E-state index contributed by atoms with van der Waals surface area (Å²) in [5, 5.41) is 0.672. The smallest absolute Gasteiger partial charge is 0.248 e. The molecule has 2 fully saturated rings. The van der Waals surface area contributed by atoms with E-state index >= 15 is 0 Å². The highest BCUT2D eigenvalue weighted by Crippen LogP contribution is 2.36. The number of halogens is 1. The van der Waals surface area contributed by atoms with Gasteiger partial charge in [0, 0.05) is 36.4 Å². The Labute approximate surface area is 142 Å². The van der Waals surface area contributed by atoms with E-state index in [2.05, 4.69) is 24.0 Å². The highest BCUT2D eigenvalue weighted by atomic mass is 35.5. The number of nitrogens with zero attached hydrogens (tertiary/aromatic N) is 3. The molecule has 1 aliphatic carbocycles. The third-order valence-corrected chi connectivity index (χ3v) is 5.26. The van der Waals surface area contributed by atoms with Crippen LogP contribution in [-0.2, 0) is 9.53 Å². The van der Waals surface area contributed by atoms with Crippen LogP contribution < -0.4 is 0 Å². The lowest BCUT2D eigenvalue weighted by molar-refractivity contribution is -0.148. The second-order valence-electron chi connectivity index (χ2n) is 6.65. The molecule has 3 rings (SSSR count). The van der Waals surface area contributed by atoms with Crippen LogP contribution in [0.15, 0.2) is 18.3 Å². The van der Waals surface area contributed by atoms with E-state index in [1.807, 2.05) is 17.0 Å². The summed E-state index contributed by atoms with van der Waals surface area (Å²) in [5.41, 5.74) is 1.10. The predicted octanol–water partition coefficient (Wildman–Crippen LogP) is 2.16. The maximum Gasteiger partial charge on any atom is 0.248 e. The normalized spacial score (nSPS) is 29.1. The lowest BCUT2D eigenvalue weighted by Gasteiger charge is -2.46. The molecule has 1 saturated carbocycles. The molecular formula is C17H24ClN3O2. The number of carbonyl (C=O) groups excluding carboxylic acids is 1. The summed E-state index contributed by atoms with van der Waals surface area (Å²) in [6.07, 6.45) is 4.79. The Bertz CT molecular complexity index is 549. The standard InChI is InChI=1S/C17H24ClN3O2/c1-20(2)16-9-12(14-5-4-13(18)10-19-14)3-6-15(16)21-7-8-23-11-17(21)22/h4-5,10,12,15-16H,3,6-9,11H2,1-2H3. The average Bonchev–Trinajstić information content (AvgIpc) is 2.55. The summed E-state index contributed by atoms with van der Waals surface area (Å²) < 4.78 is 5.27. The molecule has 0 bridgehead atoms. The minimum atomic E-state index is 0.121. The van der Waals surface area contributed by atoms with Crippen molar-refractivity contribution in [3.63, 3.8) is 0 Å². The molecule has 5 nitrogen and oxygen atoms in total. The number of hydrogen-bond donors (Lipinski definition) is 0. The average molecular weight is 338 g/mol. The first-order valence-electron chi connectivity index (χ1n) is 8.21. The van der Waals surface area contributed by atoms with E-state index < -0.39 is 0 Å². The number of carbonyl (C=O) groups is 1. The summed E-state index contributed by atoms with van der Waals surface area (Å²) >= 11 is 5.94. The molecule has 3 atom stereocenters. The van der Waals surface area contributed by atoms with Gasteiger partial charge in [-0.25, -0.2) is 0 Å². The molecule has 6 heteroatoms. The zero-order chi connectivity index (χ0) is 16.4. The summed E-state index contributed by atoms with van der Waals surface area (Å²) in [4.78, 5) is 21.0. The first-order chi connectivity index (χ1) is 11.1. The molecule has 126 valence electrons. The fraction of sp³-hybridized carbons (Fsp3) is 0.647. The molecule has 1 aromatic rings. The van der Waals surface area contributed by atoms with Gasteiger partial charge in [-0.15, -0.1) is 0 Å². The van der Waals surface area contributed by atoms with Crippen molar-refractivity contribution in [2.75, 3.05) is 33.9 Å². The minimum absolute atomic E-state index is 0.121. The van der Waals surface area contributed by atoms with E-state index in [0.29, 0.717) is 30.1 Å². The molecule has 0 N–H and O–H groups in total. The van der Waals surface area contributed by atoms with Crippen LogP contribution >= 0.6 is 11.6 Å². The van der Waals surface area contributed by atoms with Gasteiger partial charge in [0.05, 0.1) is 11.6 Å². The van der Waals surface area contributed by atoms with Gasteiger partial charge in [-0.05, 0) is 45.5 Å². The lowest BCUT2D eigenvalue weighted by atomic mass is 9.79. The Balaban J connectivity index is 1.75. The Hall–Kier alpha value is -1.17. The molecular weight excluding hydrogens is 314 g/mol. The molecule has 1 aliphatic heterocycles. The van der Waals surface area contributed by atoms with E-state index in [1.165, 1.54) is 0 Å². The molecule has 3 unspecified atom stereocenters. The van der Waals surface area contributed by atoms with Gasteiger partial charge in [-0.2, -0.15) is 0 Å². The van der Waals surface area contributed by atoms with Crippen molar-refractivity contribution in [3.8, 4) is 0 Å². The summed E-state index contributed by atoms with van der Waals surface area (Å²) in [6, 6.07) is 4.55. The number of hydrogen-bond acceptors (Lipinski definition) is 4. The zero-order valence-corrected chi connectivity index (χ0v) is 14.5. The lowest BCUT2D eigenvalue weighted by Crippen LogP contribution is -2.57. The molecule has 0 spiro atoms. The van der Waals surface area contributed by atoms with Crippen molar-refractivity contribution in [1.29, 1.82) is 0 Å². The molecule has 1 aromatic heterocycles. The van der Waals surface area contributed by atoms with Crippen LogP contribution in [0, 0.1) is 0 Å². The van der Waals surface area contributed by atoms with Gasteiger partial charge in [-0.3, -0.25) is 9.78 Å². The number of aromatic nitrogens is 1. The largest absolute Gasteiger partial charge is 0.370 e. The first kappa shape index (κ1) is 16.7. The summed E-state index contributed by atoms with van der Waals surface area (Å²) in [7, 11) is 4.19. The van der Waals surface area contributed by atoms with Crippen LogP contribution in [-0.4, -0.2) is 66.6 Å². The van der Waals surface area contributed by atoms with Crippen molar-refractivity contribution in [3.05, 3.63) is 29.0 Å². The van der Waals surface area contributed by atoms with Crippen LogP contribution in [0.5, 0.6) is 0 Å². The van der Waals surface area contributed by atoms with Gasteiger partial charge in [0.1, 0.15) is 6.61 Å². The van der Waals surface area contributed by atoms with Gasteiger partial charge in [0.25, 0.3) is 0 Å². The van der Waals surface area contributed by atoms with Crippen LogP contribution in [0.1, 0.15) is 30.9 Å². The third kappa shape index (κ3) is 3.67. The SMILES string of the molecule is CN(C)C1CC(c2ccc(Cl)cn2)CCC1N1CCOCC1=O.